The number of fused-ring (bicyclic) bond motifs is 1. The molecule has 4 rings (SSSR count). The first-order chi connectivity index (χ1) is 14.1. The van der Waals surface area contributed by atoms with Crippen LogP contribution in [0.15, 0.2) is 18.2 Å². The van der Waals surface area contributed by atoms with Gasteiger partial charge in [-0.05, 0) is 65.2 Å². The summed E-state index contributed by atoms with van der Waals surface area (Å²) in [5.74, 6) is 1.66. The van der Waals surface area contributed by atoms with Crippen molar-refractivity contribution in [1.29, 1.82) is 0 Å². The number of nitrogens with two attached hydrogens (primary N) is 1. The zero-order valence-corrected chi connectivity index (χ0v) is 18.4. The molecule has 1 atom stereocenters. The Morgan fingerprint density at radius 3 is 2.60 bits per heavy atom. The van der Waals surface area contributed by atoms with Gasteiger partial charge in [-0.3, -0.25) is 0 Å². The molecule has 30 heavy (non-hydrogen) atoms. The van der Waals surface area contributed by atoms with Crippen LogP contribution in [0.1, 0.15) is 47.0 Å². The van der Waals surface area contributed by atoms with Gasteiger partial charge < -0.3 is 25.6 Å². The van der Waals surface area contributed by atoms with E-state index in [9.17, 15) is 4.79 Å². The van der Waals surface area contributed by atoms with Crippen LogP contribution in [-0.4, -0.2) is 53.4 Å². The second-order valence-corrected chi connectivity index (χ2v) is 9.68. The van der Waals surface area contributed by atoms with E-state index in [1.807, 2.05) is 39.0 Å². The van der Waals surface area contributed by atoms with Crippen LogP contribution in [-0.2, 0) is 4.74 Å². The molecular formula is C22H32N6O2. The van der Waals surface area contributed by atoms with Gasteiger partial charge in [-0.25, -0.2) is 9.78 Å². The van der Waals surface area contributed by atoms with Crippen LogP contribution in [0.3, 0.4) is 0 Å². The fourth-order valence-corrected chi connectivity index (χ4v) is 4.21. The summed E-state index contributed by atoms with van der Waals surface area (Å²) in [6, 6.07) is 5.79. The Balaban J connectivity index is 1.62. The number of ether oxygens (including phenoxy) is 1. The van der Waals surface area contributed by atoms with E-state index in [-0.39, 0.29) is 11.6 Å². The Labute approximate surface area is 177 Å². The smallest absolute Gasteiger partial charge is 0.408 e. The van der Waals surface area contributed by atoms with E-state index in [1.54, 1.807) is 0 Å². The van der Waals surface area contributed by atoms with Gasteiger partial charge in [0.2, 0.25) is 5.95 Å². The van der Waals surface area contributed by atoms with Crippen molar-refractivity contribution in [1.82, 2.24) is 15.3 Å². The number of nitrogens with zero attached hydrogens (tertiary/aromatic N) is 4. The standard InChI is InChI=1S/C22H32N6O2/c1-21(2,3)30-20(29)26-22(4)9-12-28(14-22)18-16-8-7-15(23)13-17(16)24-19(25-18)27-10-5-6-11-27/h7-8,13H,5-6,9-12,14,23H2,1-4H3,(H,26,29)/t22-/m1/s1. The number of carbonyl (C=O) groups is 1. The topological polar surface area (TPSA) is 96.6 Å². The number of carbonyl (C=O) groups excluding carboxylic acids is 1. The normalized spacial score (nSPS) is 22.0. The summed E-state index contributed by atoms with van der Waals surface area (Å²) in [5, 5.41) is 4.04. The summed E-state index contributed by atoms with van der Waals surface area (Å²) in [5.41, 5.74) is 6.67. The second-order valence-electron chi connectivity index (χ2n) is 9.68. The van der Waals surface area contributed by atoms with Crippen molar-refractivity contribution in [3.8, 4) is 0 Å². The van der Waals surface area contributed by atoms with E-state index >= 15 is 0 Å². The van der Waals surface area contributed by atoms with Gasteiger partial charge in [0, 0.05) is 37.3 Å². The molecule has 2 saturated heterocycles. The minimum Gasteiger partial charge on any atom is -0.444 e. The predicted molar refractivity (Wildman–Crippen MR) is 120 cm³/mol. The molecule has 0 spiro atoms. The van der Waals surface area contributed by atoms with Crippen LogP contribution < -0.4 is 20.9 Å². The molecule has 2 aliphatic heterocycles. The highest BCUT2D eigenvalue weighted by molar-refractivity contribution is 5.92. The van der Waals surface area contributed by atoms with Crippen LogP contribution in [0, 0.1) is 0 Å². The van der Waals surface area contributed by atoms with E-state index in [1.165, 1.54) is 0 Å². The molecule has 0 saturated carbocycles. The van der Waals surface area contributed by atoms with Crippen LogP contribution in [0.4, 0.5) is 22.2 Å². The summed E-state index contributed by atoms with van der Waals surface area (Å²) in [6.45, 7) is 11.1. The Kier molecular flexibility index (Phi) is 5.11. The summed E-state index contributed by atoms with van der Waals surface area (Å²) in [4.78, 5) is 26.6. The molecule has 0 unspecified atom stereocenters. The van der Waals surface area contributed by atoms with Crippen LogP contribution in [0.2, 0.25) is 0 Å². The summed E-state index contributed by atoms with van der Waals surface area (Å²) in [7, 11) is 0. The second kappa shape index (κ2) is 7.49. The third kappa shape index (κ3) is 4.37. The van der Waals surface area contributed by atoms with Gasteiger partial charge in [0.15, 0.2) is 0 Å². The zero-order valence-electron chi connectivity index (χ0n) is 18.4. The maximum absolute atomic E-state index is 12.3. The van der Waals surface area contributed by atoms with E-state index < -0.39 is 5.60 Å². The predicted octanol–water partition coefficient (Wildman–Crippen LogP) is 3.31. The number of nitrogen functional groups attached to an aromatic ring is 1. The lowest BCUT2D eigenvalue weighted by molar-refractivity contribution is 0.0473. The van der Waals surface area contributed by atoms with Gasteiger partial charge in [-0.1, -0.05) is 0 Å². The molecule has 3 heterocycles. The molecule has 3 N–H and O–H groups in total. The van der Waals surface area contributed by atoms with E-state index in [0.29, 0.717) is 12.2 Å². The van der Waals surface area contributed by atoms with Gasteiger partial charge >= 0.3 is 6.09 Å². The van der Waals surface area contributed by atoms with Crippen molar-refractivity contribution in [2.45, 2.75) is 58.1 Å². The highest BCUT2D eigenvalue weighted by Gasteiger charge is 2.38. The third-order valence-electron chi connectivity index (χ3n) is 5.65. The molecule has 8 heteroatoms. The quantitative estimate of drug-likeness (QED) is 0.747. The highest BCUT2D eigenvalue weighted by Crippen LogP contribution is 2.33. The molecule has 162 valence electrons. The number of anilines is 3. The number of benzene rings is 1. The molecule has 1 amide bonds. The number of rotatable bonds is 3. The Hall–Kier alpha value is -2.77. The lowest BCUT2D eigenvalue weighted by atomic mass is 10.0. The largest absolute Gasteiger partial charge is 0.444 e. The number of nitrogens with one attached hydrogen (secondary N) is 1. The minimum absolute atomic E-state index is 0.384. The molecule has 1 aromatic heterocycles. The number of amides is 1. The Morgan fingerprint density at radius 1 is 1.17 bits per heavy atom. The number of aromatic nitrogens is 2. The maximum Gasteiger partial charge on any atom is 0.408 e. The average molecular weight is 413 g/mol. The molecule has 0 radical (unpaired) electrons. The molecule has 2 aliphatic rings. The van der Waals surface area contributed by atoms with Crippen molar-refractivity contribution < 1.29 is 9.53 Å². The summed E-state index contributed by atoms with van der Waals surface area (Å²) < 4.78 is 5.46. The van der Waals surface area contributed by atoms with Gasteiger partial charge in [0.05, 0.1) is 11.1 Å². The first-order valence-electron chi connectivity index (χ1n) is 10.7. The number of hydrogen-bond acceptors (Lipinski definition) is 7. The van der Waals surface area contributed by atoms with Crippen molar-refractivity contribution in [3.05, 3.63) is 18.2 Å². The average Bonchev–Trinajstić information content (AvgIpc) is 3.29. The minimum atomic E-state index is -0.522. The monoisotopic (exact) mass is 412 g/mol. The van der Waals surface area contributed by atoms with Crippen LogP contribution in [0.5, 0.6) is 0 Å². The first-order valence-corrected chi connectivity index (χ1v) is 10.7. The van der Waals surface area contributed by atoms with Crippen molar-refractivity contribution in [2.24, 2.45) is 0 Å². The van der Waals surface area contributed by atoms with E-state index in [0.717, 1.165) is 61.6 Å². The zero-order chi connectivity index (χ0) is 21.5. The maximum atomic E-state index is 12.3. The van der Waals surface area contributed by atoms with E-state index in [4.69, 9.17) is 20.4 Å². The van der Waals surface area contributed by atoms with Crippen molar-refractivity contribution in [3.63, 3.8) is 0 Å². The molecular weight excluding hydrogens is 380 g/mol. The number of alkyl carbamates (subject to hydrolysis) is 1. The third-order valence-corrected chi connectivity index (χ3v) is 5.65. The molecule has 2 aromatic rings. The fraction of sp³-hybridized carbons (Fsp3) is 0.591. The molecule has 1 aromatic carbocycles. The fourth-order valence-electron chi connectivity index (χ4n) is 4.21. The van der Waals surface area contributed by atoms with Crippen molar-refractivity contribution in [2.75, 3.05) is 41.7 Å². The highest BCUT2D eigenvalue weighted by atomic mass is 16.6. The summed E-state index contributed by atoms with van der Waals surface area (Å²) in [6.07, 6.45) is 2.75. The van der Waals surface area contributed by atoms with Crippen molar-refractivity contribution >= 4 is 34.4 Å². The summed E-state index contributed by atoms with van der Waals surface area (Å²) >= 11 is 0. The first kappa shape index (κ1) is 20.5. The molecule has 0 bridgehead atoms. The molecule has 0 aliphatic carbocycles. The van der Waals surface area contributed by atoms with E-state index in [2.05, 4.69) is 22.0 Å². The lowest BCUT2D eigenvalue weighted by Gasteiger charge is -2.29. The van der Waals surface area contributed by atoms with Gasteiger partial charge in [0.25, 0.3) is 0 Å². The SMILES string of the molecule is CC(C)(C)OC(=O)N[C@]1(C)CCN(c2nc(N3CCCC3)nc3cc(N)ccc23)C1. The molecule has 2 fully saturated rings. The lowest BCUT2D eigenvalue weighted by Crippen LogP contribution is -2.49. The van der Waals surface area contributed by atoms with Gasteiger partial charge in [-0.15, -0.1) is 0 Å². The van der Waals surface area contributed by atoms with Crippen LogP contribution >= 0.6 is 0 Å². The van der Waals surface area contributed by atoms with Gasteiger partial charge in [0.1, 0.15) is 11.4 Å². The number of hydrogen-bond donors (Lipinski definition) is 2. The Morgan fingerprint density at radius 2 is 1.90 bits per heavy atom. The Bertz CT molecular complexity index is 951. The van der Waals surface area contributed by atoms with Crippen LogP contribution in [0.25, 0.3) is 10.9 Å². The molecule has 8 nitrogen and oxygen atoms in total. The van der Waals surface area contributed by atoms with Gasteiger partial charge in [-0.2, -0.15) is 4.98 Å².